The normalized spacial score (nSPS) is 12.6. The average Bonchev–Trinajstić information content (AvgIpc) is 3.52. The summed E-state index contributed by atoms with van der Waals surface area (Å²) in [5.74, 6) is 2.41. The summed E-state index contributed by atoms with van der Waals surface area (Å²) in [6, 6.07) is 16.2. The number of ketones is 1. The molecule has 2 aromatic heterocycles. The molecule has 0 bridgehead atoms. The summed E-state index contributed by atoms with van der Waals surface area (Å²) in [4.78, 5) is 24.5. The van der Waals surface area contributed by atoms with Crippen LogP contribution in [0, 0.1) is 0 Å². The second-order valence-corrected chi connectivity index (χ2v) is 8.41. The molecular weight excluding hydrogens is 456 g/mol. The summed E-state index contributed by atoms with van der Waals surface area (Å²) in [6.45, 7) is 0.377. The number of rotatable bonds is 8. The van der Waals surface area contributed by atoms with E-state index in [0.717, 1.165) is 11.3 Å². The number of carbonyl (C=O) groups excluding carboxylic acids is 2. The van der Waals surface area contributed by atoms with Gasteiger partial charge in [0.15, 0.2) is 23.4 Å². The number of carbonyl (C=O) groups is 2. The number of amides is 1. The fourth-order valence-electron chi connectivity index (χ4n) is 3.54. The van der Waals surface area contributed by atoms with Gasteiger partial charge in [0.2, 0.25) is 0 Å². The van der Waals surface area contributed by atoms with Crippen LogP contribution < -0.4 is 14.8 Å². The van der Waals surface area contributed by atoms with Gasteiger partial charge in [-0.3, -0.25) is 14.2 Å². The number of nitrogens with zero attached hydrogens (tertiary/aromatic N) is 3. The van der Waals surface area contributed by atoms with Crippen LogP contribution in [0.5, 0.6) is 11.5 Å². The van der Waals surface area contributed by atoms with Gasteiger partial charge in [0.05, 0.1) is 31.4 Å². The Morgan fingerprint density at radius 3 is 2.91 bits per heavy atom. The Balaban J connectivity index is 1.39. The second kappa shape index (κ2) is 9.44. The van der Waals surface area contributed by atoms with Crippen molar-refractivity contribution in [3.05, 3.63) is 72.2 Å². The number of furan rings is 1. The topological polar surface area (TPSA) is 108 Å². The maximum atomic E-state index is 12.9. The van der Waals surface area contributed by atoms with Crippen LogP contribution in [0.3, 0.4) is 0 Å². The number of benzene rings is 2. The Morgan fingerprint density at radius 2 is 2.09 bits per heavy atom. The lowest BCUT2D eigenvalue weighted by molar-refractivity contribution is -0.118. The van der Waals surface area contributed by atoms with Gasteiger partial charge in [-0.15, -0.1) is 10.2 Å². The third-order valence-corrected chi connectivity index (χ3v) is 6.17. The standard InChI is InChI=1S/C24H20N4O5S/c1-31-17-5-2-4-16(10-17)23-26-27-24(28(23)12-18-6-3-9-32-18)34-14-20(29)15-7-8-21-19(11-15)25-22(30)13-33-21/h2-11H,12-14H2,1H3,(H,25,30). The molecule has 0 atom stereocenters. The molecule has 1 N–H and O–H groups in total. The molecule has 0 aliphatic carbocycles. The first-order valence-electron chi connectivity index (χ1n) is 10.4. The molecule has 0 saturated heterocycles. The molecular formula is C24H20N4O5S. The minimum atomic E-state index is -0.248. The predicted octanol–water partition coefficient (Wildman–Crippen LogP) is 3.90. The van der Waals surface area contributed by atoms with Gasteiger partial charge in [0.25, 0.3) is 5.91 Å². The molecule has 0 unspecified atom stereocenters. The molecule has 1 aliphatic heterocycles. The second-order valence-electron chi connectivity index (χ2n) is 7.46. The Bertz CT molecular complexity index is 1350. The number of thioether (sulfide) groups is 1. The first kappa shape index (κ1) is 21.8. The zero-order chi connectivity index (χ0) is 23.5. The van der Waals surface area contributed by atoms with Crippen molar-refractivity contribution >= 4 is 29.1 Å². The van der Waals surface area contributed by atoms with E-state index in [1.165, 1.54) is 11.8 Å². The van der Waals surface area contributed by atoms with E-state index >= 15 is 0 Å². The highest BCUT2D eigenvalue weighted by molar-refractivity contribution is 7.99. The van der Waals surface area contributed by atoms with Crippen LogP contribution in [0.15, 0.2) is 70.4 Å². The van der Waals surface area contributed by atoms with Crippen molar-refractivity contribution in [1.82, 2.24) is 14.8 Å². The fraction of sp³-hybridized carbons (Fsp3) is 0.167. The molecule has 34 heavy (non-hydrogen) atoms. The van der Waals surface area contributed by atoms with E-state index in [4.69, 9.17) is 13.9 Å². The number of hydrogen-bond acceptors (Lipinski definition) is 8. The molecule has 0 radical (unpaired) electrons. The van der Waals surface area contributed by atoms with E-state index in [2.05, 4.69) is 15.5 Å². The van der Waals surface area contributed by atoms with Crippen LogP contribution in [0.2, 0.25) is 0 Å². The SMILES string of the molecule is COc1cccc(-c2nnc(SCC(=O)c3ccc4c(c3)NC(=O)CO4)n2Cc2ccco2)c1. The molecule has 4 aromatic rings. The van der Waals surface area contributed by atoms with Gasteiger partial charge in [-0.05, 0) is 42.5 Å². The van der Waals surface area contributed by atoms with E-state index in [1.54, 1.807) is 31.6 Å². The largest absolute Gasteiger partial charge is 0.497 e. The molecule has 0 fully saturated rings. The molecule has 0 spiro atoms. The van der Waals surface area contributed by atoms with Gasteiger partial charge in [0.1, 0.15) is 17.3 Å². The van der Waals surface area contributed by atoms with Crippen molar-refractivity contribution in [3.63, 3.8) is 0 Å². The van der Waals surface area contributed by atoms with Crippen LogP contribution >= 0.6 is 11.8 Å². The van der Waals surface area contributed by atoms with Crippen LogP contribution in [-0.4, -0.2) is 45.9 Å². The number of ether oxygens (including phenoxy) is 2. The van der Waals surface area contributed by atoms with E-state index in [0.29, 0.717) is 40.3 Å². The highest BCUT2D eigenvalue weighted by atomic mass is 32.2. The van der Waals surface area contributed by atoms with Crippen LogP contribution in [0.1, 0.15) is 16.1 Å². The monoisotopic (exact) mass is 476 g/mol. The molecule has 1 amide bonds. The van der Waals surface area contributed by atoms with Gasteiger partial charge in [-0.1, -0.05) is 23.9 Å². The highest BCUT2D eigenvalue weighted by Gasteiger charge is 2.20. The van der Waals surface area contributed by atoms with Crippen LogP contribution in [-0.2, 0) is 11.3 Å². The summed E-state index contributed by atoms with van der Waals surface area (Å²) >= 11 is 1.28. The number of nitrogens with one attached hydrogen (secondary N) is 1. The van der Waals surface area contributed by atoms with Crippen molar-refractivity contribution < 1.29 is 23.5 Å². The van der Waals surface area contributed by atoms with Crippen molar-refractivity contribution in [2.45, 2.75) is 11.7 Å². The molecule has 172 valence electrons. The maximum absolute atomic E-state index is 12.9. The lowest BCUT2D eigenvalue weighted by atomic mass is 10.1. The Morgan fingerprint density at radius 1 is 1.18 bits per heavy atom. The smallest absolute Gasteiger partial charge is 0.262 e. The van der Waals surface area contributed by atoms with Gasteiger partial charge in [-0.2, -0.15) is 0 Å². The number of methoxy groups -OCH3 is 1. The number of aromatic nitrogens is 3. The fourth-order valence-corrected chi connectivity index (χ4v) is 4.37. The lowest BCUT2D eigenvalue weighted by Gasteiger charge is -2.18. The molecule has 5 rings (SSSR count). The number of hydrogen-bond donors (Lipinski definition) is 1. The van der Waals surface area contributed by atoms with Gasteiger partial charge in [0, 0.05) is 11.1 Å². The molecule has 2 aromatic carbocycles. The van der Waals surface area contributed by atoms with E-state index in [9.17, 15) is 9.59 Å². The maximum Gasteiger partial charge on any atom is 0.262 e. The van der Waals surface area contributed by atoms with Crippen molar-refractivity contribution in [3.8, 4) is 22.9 Å². The van der Waals surface area contributed by atoms with Gasteiger partial charge in [-0.25, -0.2) is 0 Å². The Hall–Kier alpha value is -4.05. The summed E-state index contributed by atoms with van der Waals surface area (Å²) in [6.07, 6.45) is 1.61. The van der Waals surface area contributed by atoms with E-state index < -0.39 is 0 Å². The van der Waals surface area contributed by atoms with Crippen molar-refractivity contribution in [1.29, 1.82) is 0 Å². The highest BCUT2D eigenvalue weighted by Crippen LogP contribution is 2.31. The first-order valence-corrected chi connectivity index (χ1v) is 11.4. The number of anilines is 1. The minimum Gasteiger partial charge on any atom is -0.497 e. The van der Waals surface area contributed by atoms with Crippen LogP contribution in [0.25, 0.3) is 11.4 Å². The summed E-state index contributed by atoms with van der Waals surface area (Å²) < 4.78 is 18.1. The van der Waals surface area contributed by atoms with Gasteiger partial charge >= 0.3 is 0 Å². The molecule has 9 nitrogen and oxygen atoms in total. The molecule has 10 heteroatoms. The number of fused-ring (bicyclic) bond motifs is 1. The van der Waals surface area contributed by atoms with Gasteiger partial charge < -0.3 is 19.2 Å². The third kappa shape index (κ3) is 4.53. The average molecular weight is 477 g/mol. The number of Topliss-reactive ketones (excluding diaryl/α,β-unsaturated/α-hetero) is 1. The summed E-state index contributed by atoms with van der Waals surface area (Å²) in [7, 11) is 1.61. The molecule has 0 saturated carbocycles. The van der Waals surface area contributed by atoms with Crippen molar-refractivity contribution in [2.24, 2.45) is 0 Å². The first-order chi connectivity index (χ1) is 16.6. The zero-order valence-electron chi connectivity index (χ0n) is 18.2. The van der Waals surface area contributed by atoms with Crippen LogP contribution in [0.4, 0.5) is 5.69 Å². The summed E-state index contributed by atoms with van der Waals surface area (Å²) in [5, 5.41) is 12.0. The predicted molar refractivity (Wildman–Crippen MR) is 125 cm³/mol. The quantitative estimate of drug-likeness (QED) is 0.301. The van der Waals surface area contributed by atoms with Crippen molar-refractivity contribution in [2.75, 3.05) is 24.8 Å². The molecule has 1 aliphatic rings. The molecule has 3 heterocycles. The minimum absolute atomic E-state index is 0.0307. The Kier molecular flexibility index (Phi) is 6.05. The Labute approximate surface area is 199 Å². The van der Waals surface area contributed by atoms with E-state index in [-0.39, 0.29) is 24.1 Å². The summed E-state index contributed by atoms with van der Waals surface area (Å²) in [5.41, 5.74) is 1.80. The third-order valence-electron chi connectivity index (χ3n) is 5.21. The lowest BCUT2D eigenvalue weighted by Crippen LogP contribution is -2.25. The zero-order valence-corrected chi connectivity index (χ0v) is 19.0. The van der Waals surface area contributed by atoms with E-state index in [1.807, 2.05) is 41.0 Å².